The predicted octanol–water partition coefficient (Wildman–Crippen LogP) is 4.08. The summed E-state index contributed by atoms with van der Waals surface area (Å²) in [6.07, 6.45) is 1.51. The smallest absolute Gasteiger partial charge is 0.411 e. The van der Waals surface area contributed by atoms with Crippen molar-refractivity contribution in [3.63, 3.8) is 0 Å². The zero-order valence-electron chi connectivity index (χ0n) is 15.5. The number of rotatable bonds is 7. The molecule has 6 heteroatoms. The van der Waals surface area contributed by atoms with E-state index < -0.39 is 6.09 Å². The van der Waals surface area contributed by atoms with E-state index in [4.69, 9.17) is 16.3 Å². The van der Waals surface area contributed by atoms with Gasteiger partial charge in [0.05, 0.1) is 6.61 Å². The number of nitrogens with zero attached hydrogens (tertiary/aromatic N) is 2. The molecule has 1 aromatic rings. The van der Waals surface area contributed by atoms with E-state index in [1.165, 1.54) is 0 Å². The molecule has 140 valence electrons. The van der Waals surface area contributed by atoms with Crippen molar-refractivity contribution < 1.29 is 9.53 Å². The third-order valence-corrected chi connectivity index (χ3v) is 4.87. The Morgan fingerprint density at radius 1 is 1.28 bits per heavy atom. The maximum atomic E-state index is 11.7. The summed E-state index contributed by atoms with van der Waals surface area (Å²) in [6, 6.07) is 8.19. The molecule has 0 bridgehead atoms. The number of amides is 1. The van der Waals surface area contributed by atoms with Gasteiger partial charge in [0, 0.05) is 42.4 Å². The first-order chi connectivity index (χ1) is 12.0. The van der Waals surface area contributed by atoms with Crippen molar-refractivity contribution in [2.24, 2.45) is 0 Å². The van der Waals surface area contributed by atoms with E-state index in [-0.39, 0.29) is 0 Å². The summed E-state index contributed by atoms with van der Waals surface area (Å²) in [5, 5.41) is 3.34. The average Bonchev–Trinajstić information content (AvgIpc) is 2.56. The molecule has 1 aliphatic heterocycles. The Labute approximate surface area is 156 Å². The monoisotopic (exact) mass is 367 g/mol. The highest BCUT2D eigenvalue weighted by molar-refractivity contribution is 6.30. The van der Waals surface area contributed by atoms with Crippen molar-refractivity contribution in [2.45, 2.75) is 45.7 Å². The molecule has 1 atom stereocenters. The molecule has 0 aliphatic carbocycles. The van der Waals surface area contributed by atoms with E-state index in [0.29, 0.717) is 29.4 Å². The molecule has 0 spiro atoms. The topological polar surface area (TPSA) is 44.8 Å². The van der Waals surface area contributed by atoms with Crippen LogP contribution in [0.3, 0.4) is 0 Å². The minimum Gasteiger partial charge on any atom is -0.449 e. The van der Waals surface area contributed by atoms with Crippen molar-refractivity contribution in [2.75, 3.05) is 38.1 Å². The Balaban J connectivity index is 1.56. The lowest BCUT2D eigenvalue weighted by molar-refractivity contribution is 0.0586. The molecule has 1 N–H and O–H groups in total. The molecule has 2 rings (SSSR count). The Morgan fingerprint density at radius 3 is 2.64 bits per heavy atom. The van der Waals surface area contributed by atoms with Crippen LogP contribution in [-0.2, 0) is 4.74 Å². The fourth-order valence-electron chi connectivity index (χ4n) is 3.31. The second kappa shape index (κ2) is 10.00. The van der Waals surface area contributed by atoms with Gasteiger partial charge < -0.3 is 9.64 Å². The van der Waals surface area contributed by atoms with E-state index in [2.05, 4.69) is 35.9 Å². The third kappa shape index (κ3) is 6.84. The van der Waals surface area contributed by atoms with E-state index in [1.54, 1.807) is 24.3 Å². The van der Waals surface area contributed by atoms with E-state index >= 15 is 0 Å². The van der Waals surface area contributed by atoms with Gasteiger partial charge in [0.2, 0.25) is 0 Å². The van der Waals surface area contributed by atoms with E-state index in [9.17, 15) is 4.79 Å². The lowest BCUT2D eigenvalue weighted by Crippen LogP contribution is -2.54. The van der Waals surface area contributed by atoms with Gasteiger partial charge in [-0.2, -0.15) is 0 Å². The van der Waals surface area contributed by atoms with Gasteiger partial charge in [-0.1, -0.05) is 11.6 Å². The van der Waals surface area contributed by atoms with Crippen molar-refractivity contribution >= 4 is 23.4 Å². The highest BCUT2D eigenvalue weighted by Crippen LogP contribution is 2.14. The van der Waals surface area contributed by atoms with Crippen LogP contribution in [0.4, 0.5) is 10.5 Å². The molecule has 1 aliphatic rings. The van der Waals surface area contributed by atoms with Crippen LogP contribution in [-0.4, -0.2) is 60.8 Å². The highest BCUT2D eigenvalue weighted by atomic mass is 35.5. The molecule has 0 radical (unpaired) electrons. The van der Waals surface area contributed by atoms with Crippen LogP contribution < -0.4 is 5.32 Å². The van der Waals surface area contributed by atoms with Gasteiger partial charge in [-0.25, -0.2) is 4.79 Å². The first-order valence-corrected chi connectivity index (χ1v) is 9.51. The fourth-order valence-corrected chi connectivity index (χ4v) is 3.43. The van der Waals surface area contributed by atoms with Crippen LogP contribution in [0.15, 0.2) is 24.3 Å². The number of ether oxygens (including phenoxy) is 1. The Hall–Kier alpha value is -1.30. The number of anilines is 1. The number of hydrogen-bond acceptors (Lipinski definition) is 4. The molecule has 1 amide bonds. The standard InChI is InChI=1S/C19H30ClN3O2/c1-15(2)23-12-11-22(14-16(23)3)10-4-5-13-25-19(24)21-18-8-6-17(20)7-9-18/h6-9,15-16H,4-5,10-14H2,1-3H3,(H,21,24). The summed E-state index contributed by atoms with van der Waals surface area (Å²) in [4.78, 5) is 16.8. The van der Waals surface area contributed by atoms with Gasteiger partial charge in [0.1, 0.15) is 0 Å². The average molecular weight is 368 g/mol. The molecule has 1 aromatic carbocycles. The minimum atomic E-state index is -0.415. The molecule has 25 heavy (non-hydrogen) atoms. The van der Waals surface area contributed by atoms with Gasteiger partial charge in [-0.15, -0.1) is 0 Å². The number of piperazine rings is 1. The van der Waals surface area contributed by atoms with Crippen molar-refractivity contribution in [1.82, 2.24) is 9.80 Å². The largest absolute Gasteiger partial charge is 0.449 e. The van der Waals surface area contributed by atoms with Gasteiger partial charge in [0.25, 0.3) is 0 Å². The van der Waals surface area contributed by atoms with E-state index in [0.717, 1.165) is 39.0 Å². The summed E-state index contributed by atoms with van der Waals surface area (Å²) in [7, 11) is 0. The van der Waals surface area contributed by atoms with Crippen LogP contribution in [0, 0.1) is 0 Å². The summed E-state index contributed by atoms with van der Waals surface area (Å²) in [5.74, 6) is 0. The Morgan fingerprint density at radius 2 is 2.00 bits per heavy atom. The van der Waals surface area contributed by atoms with Crippen molar-refractivity contribution in [3.05, 3.63) is 29.3 Å². The molecular weight excluding hydrogens is 338 g/mol. The number of carbonyl (C=O) groups excluding carboxylic acids is 1. The van der Waals surface area contributed by atoms with Crippen molar-refractivity contribution in [1.29, 1.82) is 0 Å². The van der Waals surface area contributed by atoms with Gasteiger partial charge in [-0.3, -0.25) is 10.2 Å². The molecule has 1 heterocycles. The quantitative estimate of drug-likeness (QED) is 0.737. The number of halogens is 1. The number of nitrogens with one attached hydrogen (secondary N) is 1. The summed E-state index contributed by atoms with van der Waals surface area (Å²) in [5.41, 5.74) is 0.686. The van der Waals surface area contributed by atoms with Crippen LogP contribution in [0.1, 0.15) is 33.6 Å². The SMILES string of the molecule is CC(C)N1CCN(CCCCOC(=O)Nc2ccc(Cl)cc2)CC1C. The Bertz CT molecular complexity index is 536. The minimum absolute atomic E-state index is 0.415. The normalized spacial score (nSPS) is 19.2. The summed E-state index contributed by atoms with van der Waals surface area (Å²) >= 11 is 5.81. The molecule has 1 saturated heterocycles. The summed E-state index contributed by atoms with van der Waals surface area (Å²) in [6.45, 7) is 11.7. The number of hydrogen-bond donors (Lipinski definition) is 1. The first-order valence-electron chi connectivity index (χ1n) is 9.13. The lowest BCUT2D eigenvalue weighted by atomic mass is 10.1. The van der Waals surface area contributed by atoms with Gasteiger partial charge >= 0.3 is 6.09 Å². The lowest BCUT2D eigenvalue weighted by Gasteiger charge is -2.42. The zero-order valence-corrected chi connectivity index (χ0v) is 16.3. The van der Waals surface area contributed by atoms with Gasteiger partial charge in [-0.05, 0) is 64.4 Å². The number of unbranched alkanes of at least 4 members (excludes halogenated alkanes) is 1. The number of carbonyl (C=O) groups is 1. The highest BCUT2D eigenvalue weighted by Gasteiger charge is 2.24. The number of benzene rings is 1. The fraction of sp³-hybridized carbons (Fsp3) is 0.632. The maximum absolute atomic E-state index is 11.7. The molecule has 0 saturated carbocycles. The second-order valence-electron chi connectivity index (χ2n) is 6.96. The van der Waals surface area contributed by atoms with Crippen LogP contribution in [0.2, 0.25) is 5.02 Å². The van der Waals surface area contributed by atoms with Gasteiger partial charge in [0.15, 0.2) is 0 Å². The molecule has 1 fully saturated rings. The van der Waals surface area contributed by atoms with E-state index in [1.807, 2.05) is 0 Å². The molecular formula is C19H30ClN3O2. The third-order valence-electron chi connectivity index (χ3n) is 4.62. The second-order valence-corrected chi connectivity index (χ2v) is 7.39. The Kier molecular flexibility index (Phi) is 8.00. The molecule has 0 aromatic heterocycles. The predicted molar refractivity (Wildman–Crippen MR) is 103 cm³/mol. The molecule has 1 unspecified atom stereocenters. The first kappa shape index (κ1) is 20.0. The summed E-state index contributed by atoms with van der Waals surface area (Å²) < 4.78 is 5.23. The van der Waals surface area contributed by atoms with Crippen LogP contribution in [0.5, 0.6) is 0 Å². The zero-order chi connectivity index (χ0) is 18.2. The van der Waals surface area contributed by atoms with Crippen molar-refractivity contribution in [3.8, 4) is 0 Å². The molecule has 5 nitrogen and oxygen atoms in total. The maximum Gasteiger partial charge on any atom is 0.411 e. The van der Waals surface area contributed by atoms with Crippen LogP contribution >= 0.6 is 11.6 Å². The van der Waals surface area contributed by atoms with Crippen LogP contribution in [0.25, 0.3) is 0 Å².